The van der Waals surface area contributed by atoms with Crippen molar-refractivity contribution in [3.63, 3.8) is 0 Å². The van der Waals surface area contributed by atoms with Crippen LogP contribution in [0.4, 0.5) is 0 Å². The van der Waals surface area contributed by atoms with Crippen LogP contribution in [0, 0.1) is 0 Å². The second-order valence-corrected chi connectivity index (χ2v) is 8.30. The van der Waals surface area contributed by atoms with Crippen LogP contribution in [0.2, 0.25) is 0 Å². The number of hydrogen-bond donors (Lipinski definition) is 1. The Morgan fingerprint density at radius 3 is 2.40 bits per heavy atom. The van der Waals surface area contributed by atoms with Crippen molar-refractivity contribution in [3.05, 3.63) is 0 Å². The molecule has 1 saturated carbocycles. The Balaban J connectivity index is 1.86. The molecule has 1 N–H and O–H groups in total. The summed E-state index contributed by atoms with van der Waals surface area (Å²) < 4.78 is 23.4. The normalized spacial score (nSPS) is 30.2. The van der Waals surface area contributed by atoms with E-state index >= 15 is 0 Å². The Kier molecular flexibility index (Phi) is 5.04. The van der Waals surface area contributed by atoms with Crippen LogP contribution in [0.1, 0.15) is 25.7 Å². The van der Waals surface area contributed by atoms with Gasteiger partial charge in [-0.15, -0.1) is 0 Å². The minimum absolute atomic E-state index is 0.102. The van der Waals surface area contributed by atoms with Gasteiger partial charge in [0.1, 0.15) is 9.84 Å². The highest BCUT2D eigenvalue weighted by Gasteiger charge is 2.33. The van der Waals surface area contributed by atoms with E-state index in [1.807, 2.05) is 4.90 Å². The highest BCUT2D eigenvalue weighted by Crippen LogP contribution is 2.27. The van der Waals surface area contributed by atoms with Crippen LogP contribution in [0.3, 0.4) is 0 Å². The Labute approximate surface area is 120 Å². The molecule has 0 radical (unpaired) electrons. The molecule has 1 aliphatic heterocycles. The first-order chi connectivity index (χ1) is 9.36. The average Bonchev–Trinajstić information content (AvgIpc) is 2.38. The topological polar surface area (TPSA) is 77.9 Å². The highest BCUT2D eigenvalue weighted by molar-refractivity contribution is 7.91. The predicted molar refractivity (Wildman–Crippen MR) is 76.5 cm³/mol. The quantitative estimate of drug-likeness (QED) is 0.790. The van der Waals surface area contributed by atoms with E-state index < -0.39 is 15.8 Å². The van der Waals surface area contributed by atoms with E-state index in [9.17, 15) is 13.2 Å². The van der Waals surface area contributed by atoms with E-state index in [-0.39, 0.29) is 11.8 Å². The van der Waals surface area contributed by atoms with Crippen LogP contribution in [0.5, 0.6) is 0 Å². The molecule has 0 amide bonds. The number of sulfone groups is 1. The lowest BCUT2D eigenvalue weighted by atomic mass is 9.93. The van der Waals surface area contributed by atoms with E-state index in [1.54, 1.807) is 0 Å². The summed E-state index contributed by atoms with van der Waals surface area (Å²) in [6.45, 7) is 3.30. The molecule has 116 valence electrons. The van der Waals surface area contributed by atoms with Gasteiger partial charge in [0.15, 0.2) is 0 Å². The number of carboxylic acids is 1. The fourth-order valence-electron chi connectivity index (χ4n) is 3.32. The first kappa shape index (κ1) is 15.7. The summed E-state index contributed by atoms with van der Waals surface area (Å²) >= 11 is 0. The van der Waals surface area contributed by atoms with Crippen molar-refractivity contribution in [2.24, 2.45) is 0 Å². The maximum absolute atomic E-state index is 11.7. The summed E-state index contributed by atoms with van der Waals surface area (Å²) in [6, 6.07) is 0.343. The third-order valence-corrected chi connectivity index (χ3v) is 6.13. The second-order valence-electron chi connectivity index (χ2n) is 5.98. The lowest BCUT2D eigenvalue weighted by molar-refractivity contribution is -0.138. The van der Waals surface area contributed by atoms with Crippen molar-refractivity contribution in [2.75, 3.05) is 39.0 Å². The van der Waals surface area contributed by atoms with Gasteiger partial charge in [-0.3, -0.25) is 14.6 Å². The largest absolute Gasteiger partial charge is 0.480 e. The molecule has 1 saturated heterocycles. The standard InChI is InChI=1S/C13H24N2O4S/c1-20(18,19)12-4-2-3-11(9-12)15-7-5-14(6-8-15)10-13(16)17/h11-12H,2-10H2,1H3,(H,16,17). The summed E-state index contributed by atoms with van der Waals surface area (Å²) in [4.78, 5) is 15.0. The van der Waals surface area contributed by atoms with Gasteiger partial charge in [-0.25, -0.2) is 8.42 Å². The first-order valence-corrected chi connectivity index (χ1v) is 9.19. The maximum Gasteiger partial charge on any atom is 0.317 e. The summed E-state index contributed by atoms with van der Waals surface area (Å²) in [5.41, 5.74) is 0. The molecule has 2 rings (SSSR count). The number of nitrogens with zero attached hydrogens (tertiary/aromatic N) is 2. The molecule has 0 aromatic carbocycles. The zero-order valence-corrected chi connectivity index (χ0v) is 12.8. The molecule has 0 aromatic heterocycles. The van der Waals surface area contributed by atoms with E-state index in [0.717, 1.165) is 51.9 Å². The molecule has 7 heteroatoms. The van der Waals surface area contributed by atoms with Gasteiger partial charge in [0.2, 0.25) is 0 Å². The number of carbonyl (C=O) groups is 1. The molecular weight excluding hydrogens is 280 g/mol. The molecule has 6 nitrogen and oxygen atoms in total. The molecule has 0 aromatic rings. The number of aliphatic carboxylic acids is 1. The van der Waals surface area contributed by atoms with Crippen LogP contribution in [0.25, 0.3) is 0 Å². The third kappa shape index (κ3) is 4.17. The molecule has 0 bridgehead atoms. The molecule has 1 aliphatic carbocycles. The molecule has 20 heavy (non-hydrogen) atoms. The molecule has 1 heterocycles. The molecule has 2 aliphatic rings. The fraction of sp³-hybridized carbons (Fsp3) is 0.923. The Hall–Kier alpha value is -0.660. The fourth-order valence-corrected chi connectivity index (χ4v) is 4.49. The SMILES string of the molecule is CS(=O)(=O)C1CCCC(N2CCN(CC(=O)O)CC2)C1. The number of piperazine rings is 1. The minimum atomic E-state index is -2.94. The van der Waals surface area contributed by atoms with E-state index in [4.69, 9.17) is 5.11 Å². The van der Waals surface area contributed by atoms with Crippen molar-refractivity contribution in [1.29, 1.82) is 0 Å². The molecule has 2 unspecified atom stereocenters. The van der Waals surface area contributed by atoms with Gasteiger partial charge in [-0.2, -0.15) is 0 Å². The van der Waals surface area contributed by atoms with Crippen LogP contribution in [-0.2, 0) is 14.6 Å². The van der Waals surface area contributed by atoms with Crippen molar-refractivity contribution in [1.82, 2.24) is 9.80 Å². The van der Waals surface area contributed by atoms with Crippen LogP contribution < -0.4 is 0 Å². The predicted octanol–water partition coefficient (Wildman–Crippen LogP) is 0.0444. The molecule has 2 atom stereocenters. The maximum atomic E-state index is 11.7. The Bertz CT molecular complexity index is 443. The van der Waals surface area contributed by atoms with E-state index in [1.165, 1.54) is 6.26 Å². The summed E-state index contributed by atoms with van der Waals surface area (Å²) in [6.07, 6.45) is 4.89. The number of rotatable bonds is 4. The zero-order valence-electron chi connectivity index (χ0n) is 12.0. The van der Waals surface area contributed by atoms with Crippen LogP contribution in [-0.4, -0.2) is 79.6 Å². The Morgan fingerprint density at radius 2 is 1.85 bits per heavy atom. The van der Waals surface area contributed by atoms with Gasteiger partial charge >= 0.3 is 5.97 Å². The molecule has 0 spiro atoms. The lowest BCUT2D eigenvalue weighted by Crippen LogP contribution is -2.53. The van der Waals surface area contributed by atoms with Crippen LogP contribution >= 0.6 is 0 Å². The van der Waals surface area contributed by atoms with Gasteiger partial charge in [0.05, 0.1) is 11.8 Å². The zero-order chi connectivity index (χ0) is 14.8. The molecule has 2 fully saturated rings. The van der Waals surface area contributed by atoms with Gasteiger partial charge in [-0.1, -0.05) is 6.42 Å². The van der Waals surface area contributed by atoms with Crippen molar-refractivity contribution in [2.45, 2.75) is 37.0 Å². The van der Waals surface area contributed by atoms with Crippen molar-refractivity contribution in [3.8, 4) is 0 Å². The minimum Gasteiger partial charge on any atom is -0.480 e. The third-order valence-electron chi connectivity index (χ3n) is 4.49. The van der Waals surface area contributed by atoms with Crippen molar-refractivity contribution < 1.29 is 18.3 Å². The molecular formula is C13H24N2O4S. The monoisotopic (exact) mass is 304 g/mol. The summed E-state index contributed by atoms with van der Waals surface area (Å²) in [5, 5.41) is 8.59. The van der Waals surface area contributed by atoms with E-state index in [2.05, 4.69) is 4.90 Å². The second kappa shape index (κ2) is 6.41. The summed E-state index contributed by atoms with van der Waals surface area (Å²) in [7, 11) is -2.94. The van der Waals surface area contributed by atoms with Gasteiger partial charge in [0.25, 0.3) is 0 Å². The van der Waals surface area contributed by atoms with Gasteiger partial charge in [-0.05, 0) is 19.3 Å². The summed E-state index contributed by atoms with van der Waals surface area (Å²) in [5.74, 6) is -0.784. The van der Waals surface area contributed by atoms with E-state index in [0.29, 0.717) is 6.04 Å². The number of hydrogen-bond acceptors (Lipinski definition) is 5. The number of carboxylic acid groups (broad SMARTS) is 1. The average molecular weight is 304 g/mol. The van der Waals surface area contributed by atoms with Crippen LogP contribution in [0.15, 0.2) is 0 Å². The smallest absolute Gasteiger partial charge is 0.317 e. The van der Waals surface area contributed by atoms with Gasteiger partial charge < -0.3 is 5.11 Å². The highest BCUT2D eigenvalue weighted by atomic mass is 32.2. The van der Waals surface area contributed by atoms with Gasteiger partial charge in [0, 0.05) is 38.5 Å². The first-order valence-electron chi connectivity index (χ1n) is 7.23. The Morgan fingerprint density at radius 1 is 1.20 bits per heavy atom. The lowest BCUT2D eigenvalue weighted by Gasteiger charge is -2.41. The van der Waals surface area contributed by atoms with Crippen molar-refractivity contribution >= 4 is 15.8 Å².